The van der Waals surface area contributed by atoms with Crippen LogP contribution in [0.1, 0.15) is 19.3 Å². The largest absolute Gasteiger partial charge is 0.390 e. The number of hydrogen-bond donors (Lipinski definition) is 4. The van der Waals surface area contributed by atoms with Crippen molar-refractivity contribution in [2.75, 3.05) is 26.4 Å². The van der Waals surface area contributed by atoms with E-state index >= 15 is 0 Å². The maximum Gasteiger partial charge on any atom is 0.329 e. The van der Waals surface area contributed by atoms with Crippen molar-refractivity contribution in [3.8, 4) is 12.1 Å². The summed E-state index contributed by atoms with van der Waals surface area (Å²) >= 11 is 0. The molecule has 1 aliphatic heterocycles. The lowest BCUT2D eigenvalue weighted by Crippen LogP contribution is -2.47. The number of nitrogens with zero attached hydrogens (tertiary/aromatic N) is 2. The van der Waals surface area contributed by atoms with Crippen LogP contribution in [0.5, 0.6) is 0 Å². The zero-order chi connectivity index (χ0) is 16.8. The third-order valence-electron chi connectivity index (χ3n) is 2.58. The zero-order valence-electron chi connectivity index (χ0n) is 12.2. The Morgan fingerprint density at radius 3 is 2.14 bits per heavy atom. The van der Waals surface area contributed by atoms with E-state index in [1.54, 1.807) is 0 Å². The van der Waals surface area contributed by atoms with E-state index in [-0.39, 0.29) is 38.7 Å². The van der Waals surface area contributed by atoms with Gasteiger partial charge in [0.15, 0.2) is 0 Å². The van der Waals surface area contributed by atoms with Crippen LogP contribution in [0.2, 0.25) is 0 Å². The first-order chi connectivity index (χ1) is 10.6. The highest BCUT2D eigenvalue weighted by atomic mass is 31.2. The molecule has 1 aliphatic rings. The average Bonchev–Trinajstić information content (AvgIpc) is 2.51. The fourth-order valence-corrected chi connectivity index (χ4v) is 2.01. The Balaban J connectivity index is 0.000000406. The van der Waals surface area contributed by atoms with Crippen molar-refractivity contribution >= 4 is 8.60 Å². The Morgan fingerprint density at radius 1 is 1.18 bits per heavy atom. The van der Waals surface area contributed by atoms with Crippen molar-refractivity contribution in [1.29, 1.82) is 10.5 Å². The number of ether oxygens (including phenoxy) is 1. The van der Waals surface area contributed by atoms with Crippen molar-refractivity contribution in [3.05, 3.63) is 0 Å². The number of nitriles is 2. The van der Waals surface area contributed by atoms with Gasteiger partial charge in [0.2, 0.25) is 0 Å². The minimum Gasteiger partial charge on any atom is -0.390 e. The second-order valence-electron chi connectivity index (χ2n) is 4.21. The Kier molecular flexibility index (Phi) is 13.2. The van der Waals surface area contributed by atoms with Gasteiger partial charge in [0.25, 0.3) is 0 Å². The highest BCUT2D eigenvalue weighted by Gasteiger charge is 2.29. The number of aliphatic hydroxyl groups is 2. The van der Waals surface area contributed by atoms with Crippen molar-refractivity contribution in [1.82, 2.24) is 0 Å². The fraction of sp³-hybridized carbons (Fsp3) is 0.833. The summed E-state index contributed by atoms with van der Waals surface area (Å²) in [6.45, 7) is 1.06. The molecule has 0 radical (unpaired) electrons. The molecule has 3 unspecified atom stereocenters. The summed E-state index contributed by atoms with van der Waals surface area (Å²) < 4.78 is 14.5. The fourth-order valence-electron chi connectivity index (χ4n) is 1.44. The van der Waals surface area contributed by atoms with Crippen LogP contribution in [0.25, 0.3) is 0 Å². The molecule has 1 fully saturated rings. The first kappa shape index (κ1) is 21.1. The lowest BCUT2D eigenvalue weighted by atomic mass is 10.0. The molecule has 0 aromatic heterocycles. The van der Waals surface area contributed by atoms with E-state index in [2.05, 4.69) is 0 Å². The molecule has 0 spiro atoms. The Labute approximate surface area is 130 Å². The molecule has 10 heteroatoms. The first-order valence-electron chi connectivity index (χ1n) is 6.73. The lowest BCUT2D eigenvalue weighted by Gasteiger charge is -2.30. The van der Waals surface area contributed by atoms with Crippen molar-refractivity contribution in [2.45, 2.75) is 37.6 Å². The van der Waals surface area contributed by atoms with Gasteiger partial charge in [-0.05, 0) is 6.42 Å². The highest BCUT2D eigenvalue weighted by Crippen LogP contribution is 2.32. The predicted octanol–water partition coefficient (Wildman–Crippen LogP) is -0.478. The summed E-state index contributed by atoms with van der Waals surface area (Å²) in [7, 11) is -1.91. The van der Waals surface area contributed by atoms with Crippen molar-refractivity contribution in [2.24, 2.45) is 5.73 Å². The maximum absolute atomic E-state index is 9.18. The van der Waals surface area contributed by atoms with Gasteiger partial charge in [0, 0.05) is 13.2 Å². The molecule has 3 atom stereocenters. The van der Waals surface area contributed by atoms with Gasteiger partial charge in [0.1, 0.15) is 6.10 Å². The molecule has 5 N–H and O–H groups in total. The van der Waals surface area contributed by atoms with Crippen LogP contribution in [0.3, 0.4) is 0 Å². The van der Waals surface area contributed by atoms with Crippen molar-refractivity contribution in [3.63, 3.8) is 0 Å². The van der Waals surface area contributed by atoms with E-state index in [9.17, 15) is 5.11 Å². The number of rotatable bonds is 7. The summed E-state index contributed by atoms with van der Waals surface area (Å²) in [4.78, 5) is 8.90. The molecule has 1 saturated heterocycles. The first-order valence-corrected chi connectivity index (χ1v) is 7.86. The topological polar surface area (TPSA) is 162 Å². The third-order valence-corrected chi connectivity index (χ3v) is 3.39. The van der Waals surface area contributed by atoms with Crippen LogP contribution in [-0.2, 0) is 13.8 Å². The smallest absolute Gasteiger partial charge is 0.329 e. The van der Waals surface area contributed by atoms with Gasteiger partial charge in [-0.15, -0.1) is 0 Å². The van der Waals surface area contributed by atoms with E-state index < -0.39 is 20.8 Å². The molecule has 0 aliphatic carbocycles. The van der Waals surface area contributed by atoms with Gasteiger partial charge in [-0.3, -0.25) is 0 Å². The SMILES string of the molecule is N#CCCOP(O)OCCC#N.NCC1OCCC(O)C1O. The Bertz CT molecular complexity index is 342. The van der Waals surface area contributed by atoms with E-state index in [1.807, 2.05) is 12.1 Å². The van der Waals surface area contributed by atoms with E-state index in [1.165, 1.54) is 0 Å². The van der Waals surface area contributed by atoms with E-state index in [4.69, 9.17) is 40.0 Å². The normalized spacial score (nSPS) is 24.0. The van der Waals surface area contributed by atoms with Crippen LogP contribution in [-0.4, -0.2) is 59.8 Å². The predicted molar refractivity (Wildman–Crippen MR) is 76.9 cm³/mol. The average molecular weight is 335 g/mol. The molecule has 22 heavy (non-hydrogen) atoms. The number of nitrogens with two attached hydrogens (primary N) is 1. The maximum atomic E-state index is 9.18. The quantitative estimate of drug-likeness (QED) is 0.355. The second kappa shape index (κ2) is 13.8. The van der Waals surface area contributed by atoms with Gasteiger partial charge in [-0.25, -0.2) is 0 Å². The molecule has 126 valence electrons. The molecule has 1 heterocycles. The highest BCUT2D eigenvalue weighted by molar-refractivity contribution is 7.40. The molecule has 0 amide bonds. The molecular formula is C12H22N3O6P. The summed E-state index contributed by atoms with van der Waals surface area (Å²) in [6, 6.07) is 3.71. The van der Waals surface area contributed by atoms with E-state index in [0.29, 0.717) is 13.0 Å². The van der Waals surface area contributed by atoms with E-state index in [0.717, 1.165) is 0 Å². The zero-order valence-corrected chi connectivity index (χ0v) is 13.1. The van der Waals surface area contributed by atoms with Crippen LogP contribution in [0.15, 0.2) is 0 Å². The summed E-state index contributed by atoms with van der Waals surface area (Å²) in [5, 5.41) is 34.5. The molecule has 0 aromatic rings. The van der Waals surface area contributed by atoms with Crippen LogP contribution < -0.4 is 5.73 Å². The standard InChI is InChI=1S/C6H9N2O3P.C6H13NO3/c7-3-1-5-10-12(9)11-6-2-4-8;7-3-5-6(9)4(8)1-2-10-5/h9H,1-2,5-6H2;4-6,8-9H,1-3,7H2. The molecular weight excluding hydrogens is 313 g/mol. The Hall–Kier alpha value is -0.870. The van der Waals surface area contributed by atoms with Crippen LogP contribution in [0, 0.1) is 22.7 Å². The minimum absolute atomic E-state index is 0.158. The van der Waals surface area contributed by atoms with Crippen molar-refractivity contribution < 1.29 is 28.9 Å². The Morgan fingerprint density at radius 2 is 1.73 bits per heavy atom. The van der Waals surface area contributed by atoms with Gasteiger partial charge in [-0.1, -0.05) is 0 Å². The number of aliphatic hydroxyl groups excluding tert-OH is 2. The third kappa shape index (κ3) is 9.96. The van der Waals surface area contributed by atoms with Gasteiger partial charge < -0.3 is 34.6 Å². The van der Waals surface area contributed by atoms with Crippen LogP contribution >= 0.6 is 8.60 Å². The van der Waals surface area contributed by atoms with Gasteiger partial charge >= 0.3 is 8.60 Å². The summed E-state index contributed by atoms with van der Waals surface area (Å²) in [5.74, 6) is 0. The van der Waals surface area contributed by atoms with Crippen LogP contribution in [0.4, 0.5) is 0 Å². The van der Waals surface area contributed by atoms with Gasteiger partial charge in [0.05, 0.1) is 50.4 Å². The summed E-state index contributed by atoms with van der Waals surface area (Å²) in [6.07, 6.45) is -0.913. The lowest BCUT2D eigenvalue weighted by molar-refractivity contribution is -0.130. The summed E-state index contributed by atoms with van der Waals surface area (Å²) in [5.41, 5.74) is 5.26. The monoisotopic (exact) mass is 335 g/mol. The molecule has 0 aromatic carbocycles. The minimum atomic E-state index is -1.91. The second-order valence-corrected chi connectivity index (χ2v) is 5.20. The number of hydrogen-bond acceptors (Lipinski definition) is 9. The van der Waals surface area contributed by atoms with Gasteiger partial charge in [-0.2, -0.15) is 10.5 Å². The molecule has 0 bridgehead atoms. The molecule has 1 rings (SSSR count). The molecule has 9 nitrogen and oxygen atoms in total. The molecule has 0 saturated carbocycles.